The van der Waals surface area contributed by atoms with E-state index in [0.29, 0.717) is 12.8 Å². The van der Waals surface area contributed by atoms with Crippen LogP contribution in [-0.4, -0.2) is 23.1 Å². The molecule has 20 heavy (non-hydrogen) atoms. The molecule has 110 valence electrons. The van der Waals surface area contributed by atoms with Gasteiger partial charge in [-0.15, -0.1) is 0 Å². The van der Waals surface area contributed by atoms with Crippen molar-refractivity contribution in [2.75, 3.05) is 6.54 Å². The number of amides is 1. The Labute approximate surface area is 118 Å². The van der Waals surface area contributed by atoms with Gasteiger partial charge >= 0.3 is 0 Å². The molecule has 0 spiro atoms. The van der Waals surface area contributed by atoms with E-state index in [2.05, 4.69) is 5.32 Å². The molecule has 0 radical (unpaired) electrons. The number of rotatable bonds is 5. The second kappa shape index (κ2) is 6.33. The van der Waals surface area contributed by atoms with Crippen LogP contribution in [0.3, 0.4) is 0 Å². The summed E-state index contributed by atoms with van der Waals surface area (Å²) in [6.45, 7) is 0.115. The number of aliphatic hydroxyl groups is 1. The van der Waals surface area contributed by atoms with Crippen molar-refractivity contribution in [3.63, 3.8) is 0 Å². The average molecular weight is 280 g/mol. The molecule has 1 amide bonds. The highest BCUT2D eigenvalue weighted by Gasteiger charge is 2.37. The molecule has 1 fully saturated rings. The van der Waals surface area contributed by atoms with Crippen LogP contribution in [0.25, 0.3) is 0 Å². The van der Waals surface area contributed by atoms with E-state index >= 15 is 0 Å². The number of hydrogen-bond acceptors (Lipinski definition) is 3. The maximum Gasteiger partial charge on any atom is 0.237 e. The number of carbonyl (C=O) groups is 1. The van der Waals surface area contributed by atoms with Crippen LogP contribution >= 0.6 is 0 Å². The van der Waals surface area contributed by atoms with Gasteiger partial charge in [0.1, 0.15) is 5.82 Å². The lowest BCUT2D eigenvalue weighted by molar-refractivity contribution is -0.126. The Morgan fingerprint density at radius 1 is 1.35 bits per heavy atom. The number of aliphatic hydroxyl groups excluding tert-OH is 1. The molecule has 4 nitrogen and oxygen atoms in total. The quantitative estimate of drug-likeness (QED) is 0.767. The van der Waals surface area contributed by atoms with Crippen molar-refractivity contribution >= 4 is 5.91 Å². The van der Waals surface area contributed by atoms with Crippen molar-refractivity contribution in [1.29, 1.82) is 0 Å². The largest absolute Gasteiger partial charge is 0.387 e. The summed E-state index contributed by atoms with van der Waals surface area (Å²) in [5.74, 6) is -0.837. The minimum atomic E-state index is -0.991. The Bertz CT molecular complexity index is 473. The third-order valence-electron chi connectivity index (χ3n) is 4.08. The van der Waals surface area contributed by atoms with E-state index < -0.39 is 23.4 Å². The van der Waals surface area contributed by atoms with E-state index in [4.69, 9.17) is 5.73 Å². The molecule has 0 heterocycles. The van der Waals surface area contributed by atoms with Crippen LogP contribution in [0.15, 0.2) is 24.3 Å². The summed E-state index contributed by atoms with van der Waals surface area (Å²) in [6, 6.07) is 6.10. The van der Waals surface area contributed by atoms with Crippen LogP contribution in [0.2, 0.25) is 0 Å². The zero-order valence-electron chi connectivity index (χ0n) is 11.4. The van der Waals surface area contributed by atoms with E-state index in [9.17, 15) is 14.3 Å². The summed E-state index contributed by atoms with van der Waals surface area (Å²) in [5.41, 5.74) is 4.97. The highest BCUT2D eigenvalue weighted by Crippen LogP contribution is 2.28. The van der Waals surface area contributed by atoms with Crippen LogP contribution in [-0.2, 0) is 4.79 Å². The van der Waals surface area contributed by atoms with Crippen molar-refractivity contribution in [3.8, 4) is 0 Å². The van der Waals surface area contributed by atoms with E-state index in [-0.39, 0.29) is 12.1 Å². The molecule has 0 bridgehead atoms. The minimum Gasteiger partial charge on any atom is -0.387 e. The van der Waals surface area contributed by atoms with Gasteiger partial charge in [0.2, 0.25) is 5.91 Å². The smallest absolute Gasteiger partial charge is 0.237 e. The Morgan fingerprint density at radius 2 is 2.00 bits per heavy atom. The number of nitrogens with two attached hydrogens (primary N) is 1. The fourth-order valence-electron chi connectivity index (χ4n) is 2.81. The zero-order valence-corrected chi connectivity index (χ0v) is 11.4. The topological polar surface area (TPSA) is 75.4 Å². The number of primary amides is 1. The van der Waals surface area contributed by atoms with Crippen LogP contribution in [0, 0.1) is 5.82 Å². The van der Waals surface area contributed by atoms with Gasteiger partial charge in [0.05, 0.1) is 11.6 Å². The molecule has 1 aromatic rings. The first-order valence-electron chi connectivity index (χ1n) is 7.02. The van der Waals surface area contributed by atoms with Gasteiger partial charge in [-0.2, -0.15) is 0 Å². The molecular formula is C15H21FN2O2. The van der Waals surface area contributed by atoms with Gasteiger partial charge in [-0.25, -0.2) is 4.39 Å². The zero-order chi connectivity index (χ0) is 14.6. The van der Waals surface area contributed by atoms with Crippen molar-refractivity contribution < 1.29 is 14.3 Å². The lowest BCUT2D eigenvalue weighted by Crippen LogP contribution is -2.57. The number of hydrogen-bond donors (Lipinski definition) is 3. The second-order valence-electron chi connectivity index (χ2n) is 5.43. The SMILES string of the molecule is NC(=O)C1(NCC(O)c2ccccc2F)CCCCC1. The molecule has 1 atom stereocenters. The Kier molecular flexibility index (Phi) is 4.73. The first-order chi connectivity index (χ1) is 9.55. The van der Waals surface area contributed by atoms with Crippen molar-refractivity contribution in [3.05, 3.63) is 35.6 Å². The predicted molar refractivity (Wildman–Crippen MR) is 74.4 cm³/mol. The third-order valence-corrected chi connectivity index (χ3v) is 4.08. The van der Waals surface area contributed by atoms with Crippen LogP contribution in [0.4, 0.5) is 4.39 Å². The summed E-state index contributed by atoms with van der Waals surface area (Å²) in [7, 11) is 0. The molecule has 1 aliphatic carbocycles. The summed E-state index contributed by atoms with van der Waals surface area (Å²) < 4.78 is 13.6. The fourth-order valence-corrected chi connectivity index (χ4v) is 2.81. The van der Waals surface area contributed by atoms with Gasteiger partial charge in [-0.05, 0) is 18.9 Å². The van der Waals surface area contributed by atoms with Crippen molar-refractivity contribution in [1.82, 2.24) is 5.32 Å². The number of nitrogens with one attached hydrogen (secondary N) is 1. The maximum atomic E-state index is 13.6. The van der Waals surface area contributed by atoms with Crippen molar-refractivity contribution in [2.24, 2.45) is 5.73 Å². The van der Waals surface area contributed by atoms with Gasteiger partial charge < -0.3 is 16.2 Å². The summed E-state index contributed by atoms with van der Waals surface area (Å²) in [6.07, 6.45) is 3.32. The van der Waals surface area contributed by atoms with Gasteiger partial charge in [-0.3, -0.25) is 4.79 Å². The summed E-state index contributed by atoms with van der Waals surface area (Å²) in [5, 5.41) is 13.1. The monoisotopic (exact) mass is 280 g/mol. The fraction of sp³-hybridized carbons (Fsp3) is 0.533. The third kappa shape index (κ3) is 3.16. The number of halogens is 1. The van der Waals surface area contributed by atoms with Crippen LogP contribution < -0.4 is 11.1 Å². The molecule has 5 heteroatoms. The standard InChI is InChI=1S/C15H21FN2O2/c16-12-7-3-2-6-11(12)13(19)10-18-15(14(17)20)8-4-1-5-9-15/h2-3,6-7,13,18-19H,1,4-5,8-10H2,(H2,17,20). The van der Waals surface area contributed by atoms with Crippen LogP contribution in [0.5, 0.6) is 0 Å². The predicted octanol–water partition coefficient (Wildman–Crippen LogP) is 1.64. The molecule has 1 aliphatic rings. The Morgan fingerprint density at radius 3 is 2.60 bits per heavy atom. The molecular weight excluding hydrogens is 259 g/mol. The highest BCUT2D eigenvalue weighted by molar-refractivity contribution is 5.84. The lowest BCUT2D eigenvalue weighted by Gasteiger charge is -2.36. The normalized spacial score (nSPS) is 19.5. The van der Waals surface area contributed by atoms with Gasteiger partial charge in [-0.1, -0.05) is 37.5 Å². The molecule has 2 rings (SSSR count). The molecule has 1 aromatic carbocycles. The Hall–Kier alpha value is -1.46. The van der Waals surface area contributed by atoms with Crippen LogP contribution in [0.1, 0.15) is 43.8 Å². The van der Waals surface area contributed by atoms with E-state index in [1.807, 2.05) is 0 Å². The van der Waals surface area contributed by atoms with E-state index in [0.717, 1.165) is 19.3 Å². The van der Waals surface area contributed by atoms with Crippen molar-refractivity contribution in [2.45, 2.75) is 43.7 Å². The number of benzene rings is 1. The number of β-amino-alcohol motifs (C(OH)–C–C–N with tert-alkyl or cyclic N) is 1. The van der Waals surface area contributed by atoms with Gasteiger partial charge in [0, 0.05) is 12.1 Å². The first-order valence-corrected chi connectivity index (χ1v) is 7.02. The van der Waals surface area contributed by atoms with Gasteiger partial charge in [0.25, 0.3) is 0 Å². The van der Waals surface area contributed by atoms with E-state index in [1.165, 1.54) is 6.07 Å². The molecule has 1 saturated carbocycles. The molecule has 4 N–H and O–H groups in total. The van der Waals surface area contributed by atoms with E-state index in [1.54, 1.807) is 18.2 Å². The first kappa shape index (κ1) is 14.9. The highest BCUT2D eigenvalue weighted by atomic mass is 19.1. The second-order valence-corrected chi connectivity index (χ2v) is 5.43. The minimum absolute atomic E-state index is 0.115. The summed E-state index contributed by atoms with van der Waals surface area (Å²) >= 11 is 0. The summed E-state index contributed by atoms with van der Waals surface area (Å²) in [4.78, 5) is 11.7. The average Bonchev–Trinajstić information content (AvgIpc) is 2.46. The lowest BCUT2D eigenvalue weighted by atomic mass is 9.81. The molecule has 0 aliphatic heterocycles. The number of carbonyl (C=O) groups excluding carboxylic acids is 1. The van der Waals surface area contributed by atoms with Gasteiger partial charge in [0.15, 0.2) is 0 Å². The maximum absolute atomic E-state index is 13.6. The molecule has 1 unspecified atom stereocenters. The Balaban J connectivity index is 2.03. The molecule has 0 saturated heterocycles. The molecule has 0 aromatic heterocycles.